The summed E-state index contributed by atoms with van der Waals surface area (Å²) in [7, 11) is 0. The second-order valence-corrected chi connectivity index (χ2v) is 4.34. The third-order valence-corrected chi connectivity index (χ3v) is 2.98. The van der Waals surface area contributed by atoms with E-state index in [2.05, 4.69) is 22.5 Å². The molecular formula is C12H15BrFNO. The predicted molar refractivity (Wildman–Crippen MR) is 66.7 cm³/mol. The molecule has 0 aliphatic carbocycles. The molecule has 1 aromatic carbocycles. The number of hydrogen-bond donors (Lipinski definition) is 1. The van der Waals surface area contributed by atoms with Gasteiger partial charge < -0.3 is 5.11 Å². The van der Waals surface area contributed by atoms with Crippen molar-refractivity contribution in [1.82, 2.24) is 4.90 Å². The van der Waals surface area contributed by atoms with Gasteiger partial charge in [-0.2, -0.15) is 0 Å². The lowest BCUT2D eigenvalue weighted by molar-refractivity contribution is 0.203. The van der Waals surface area contributed by atoms with Crippen LogP contribution in [0.25, 0.3) is 0 Å². The summed E-state index contributed by atoms with van der Waals surface area (Å²) in [6.45, 7) is 5.55. The van der Waals surface area contributed by atoms with Gasteiger partial charge in [-0.3, -0.25) is 4.90 Å². The molecule has 0 amide bonds. The van der Waals surface area contributed by atoms with Crippen molar-refractivity contribution < 1.29 is 9.50 Å². The van der Waals surface area contributed by atoms with Crippen LogP contribution in [0.1, 0.15) is 5.56 Å². The summed E-state index contributed by atoms with van der Waals surface area (Å²) in [5.41, 5.74) is 0.871. The molecule has 2 nitrogen and oxygen atoms in total. The Balaban J connectivity index is 2.75. The summed E-state index contributed by atoms with van der Waals surface area (Å²) in [6, 6.07) is 4.60. The van der Waals surface area contributed by atoms with Crippen LogP contribution >= 0.6 is 15.9 Å². The number of nitrogens with zero attached hydrogens (tertiary/aromatic N) is 1. The molecule has 0 atom stereocenters. The number of benzene rings is 1. The number of rotatable bonds is 6. The predicted octanol–water partition coefficient (Wildman–Crippen LogP) is 2.57. The highest BCUT2D eigenvalue weighted by molar-refractivity contribution is 9.10. The maximum absolute atomic E-state index is 13.1. The first-order chi connectivity index (χ1) is 7.67. The van der Waals surface area contributed by atoms with Crippen molar-refractivity contribution in [3.63, 3.8) is 0 Å². The fraction of sp³-hybridized carbons (Fsp3) is 0.333. The minimum Gasteiger partial charge on any atom is -0.395 e. The summed E-state index contributed by atoms with van der Waals surface area (Å²) < 4.78 is 13.9. The topological polar surface area (TPSA) is 23.5 Å². The molecule has 16 heavy (non-hydrogen) atoms. The van der Waals surface area contributed by atoms with Crippen molar-refractivity contribution >= 4 is 15.9 Å². The Morgan fingerprint density at radius 3 is 2.88 bits per heavy atom. The Morgan fingerprint density at radius 1 is 1.50 bits per heavy atom. The largest absolute Gasteiger partial charge is 0.395 e. The van der Waals surface area contributed by atoms with Gasteiger partial charge in [-0.05, 0) is 23.8 Å². The zero-order valence-corrected chi connectivity index (χ0v) is 10.6. The first kappa shape index (κ1) is 13.4. The lowest BCUT2D eigenvalue weighted by Gasteiger charge is -2.20. The van der Waals surface area contributed by atoms with E-state index in [1.807, 2.05) is 4.90 Å². The summed E-state index contributed by atoms with van der Waals surface area (Å²) >= 11 is 3.38. The van der Waals surface area contributed by atoms with Crippen LogP contribution in [-0.4, -0.2) is 29.7 Å². The monoisotopic (exact) mass is 287 g/mol. The molecular weight excluding hydrogens is 273 g/mol. The second-order valence-electron chi connectivity index (χ2n) is 3.48. The summed E-state index contributed by atoms with van der Waals surface area (Å²) in [6.07, 6.45) is 1.77. The first-order valence-electron chi connectivity index (χ1n) is 5.05. The fourth-order valence-corrected chi connectivity index (χ4v) is 1.84. The fourth-order valence-electron chi connectivity index (χ4n) is 1.46. The smallest absolute Gasteiger partial charge is 0.123 e. The average molecular weight is 288 g/mol. The average Bonchev–Trinajstić information content (AvgIpc) is 2.24. The number of aliphatic hydroxyl groups excluding tert-OH is 1. The molecule has 1 N–H and O–H groups in total. The third kappa shape index (κ3) is 4.04. The molecule has 0 radical (unpaired) electrons. The van der Waals surface area contributed by atoms with E-state index in [1.54, 1.807) is 12.1 Å². The molecule has 0 aliphatic heterocycles. The molecule has 0 saturated carbocycles. The highest BCUT2D eigenvalue weighted by atomic mass is 79.9. The Bertz CT molecular complexity index is 357. The van der Waals surface area contributed by atoms with Gasteiger partial charge in [-0.25, -0.2) is 4.39 Å². The number of aliphatic hydroxyl groups is 1. The molecule has 0 aliphatic rings. The first-order valence-corrected chi connectivity index (χ1v) is 5.84. The van der Waals surface area contributed by atoms with Gasteiger partial charge in [0.25, 0.3) is 0 Å². The van der Waals surface area contributed by atoms with Gasteiger partial charge in [-0.1, -0.05) is 22.0 Å². The molecule has 0 bridgehead atoms. The molecule has 0 heterocycles. The van der Waals surface area contributed by atoms with Gasteiger partial charge in [0, 0.05) is 24.1 Å². The minimum atomic E-state index is -0.249. The maximum atomic E-state index is 13.1. The van der Waals surface area contributed by atoms with Gasteiger partial charge in [0.15, 0.2) is 0 Å². The molecule has 0 spiro atoms. The van der Waals surface area contributed by atoms with E-state index >= 15 is 0 Å². The van der Waals surface area contributed by atoms with Crippen LogP contribution in [0.4, 0.5) is 4.39 Å². The summed E-state index contributed by atoms with van der Waals surface area (Å²) in [4.78, 5) is 1.99. The van der Waals surface area contributed by atoms with Gasteiger partial charge in [0.1, 0.15) is 5.82 Å². The molecule has 4 heteroatoms. The van der Waals surface area contributed by atoms with Crippen molar-refractivity contribution in [3.05, 3.63) is 46.7 Å². The van der Waals surface area contributed by atoms with E-state index in [1.165, 1.54) is 12.1 Å². The number of halogens is 2. The summed E-state index contributed by atoms with van der Waals surface area (Å²) in [5.74, 6) is -0.249. The minimum absolute atomic E-state index is 0.0841. The second kappa shape index (κ2) is 6.78. The molecule has 0 unspecified atom stereocenters. The lowest BCUT2D eigenvalue weighted by atomic mass is 10.2. The van der Waals surface area contributed by atoms with Gasteiger partial charge in [0.2, 0.25) is 0 Å². The molecule has 0 saturated heterocycles. The molecule has 1 aromatic rings. The van der Waals surface area contributed by atoms with Crippen LogP contribution in [0, 0.1) is 5.82 Å². The van der Waals surface area contributed by atoms with Crippen molar-refractivity contribution in [1.29, 1.82) is 0 Å². The SMILES string of the molecule is C=CCN(CCO)Cc1cc(F)ccc1Br. The van der Waals surface area contributed by atoms with Crippen LogP contribution in [0.3, 0.4) is 0 Å². The molecule has 0 aromatic heterocycles. The van der Waals surface area contributed by atoms with Gasteiger partial charge >= 0.3 is 0 Å². The van der Waals surface area contributed by atoms with Crippen LogP contribution in [-0.2, 0) is 6.54 Å². The van der Waals surface area contributed by atoms with E-state index in [0.717, 1.165) is 10.0 Å². The van der Waals surface area contributed by atoms with Crippen LogP contribution in [0.2, 0.25) is 0 Å². The van der Waals surface area contributed by atoms with Crippen LogP contribution < -0.4 is 0 Å². The van der Waals surface area contributed by atoms with Crippen LogP contribution in [0.15, 0.2) is 35.3 Å². The highest BCUT2D eigenvalue weighted by Gasteiger charge is 2.07. The highest BCUT2D eigenvalue weighted by Crippen LogP contribution is 2.19. The normalized spacial score (nSPS) is 10.8. The van der Waals surface area contributed by atoms with E-state index in [9.17, 15) is 4.39 Å². The summed E-state index contributed by atoms with van der Waals surface area (Å²) in [5, 5.41) is 8.90. The van der Waals surface area contributed by atoms with Crippen LogP contribution in [0.5, 0.6) is 0 Å². The Kier molecular flexibility index (Phi) is 5.66. The van der Waals surface area contributed by atoms with Gasteiger partial charge in [0.05, 0.1) is 6.61 Å². The Hall–Kier alpha value is -0.710. The van der Waals surface area contributed by atoms with Crippen molar-refractivity contribution in [2.45, 2.75) is 6.54 Å². The van der Waals surface area contributed by atoms with Gasteiger partial charge in [-0.15, -0.1) is 6.58 Å². The molecule has 0 fully saturated rings. The standard InChI is InChI=1S/C12H15BrFNO/c1-2-5-15(6-7-16)9-10-8-11(14)3-4-12(10)13/h2-4,8,16H,1,5-7,9H2. The number of hydrogen-bond acceptors (Lipinski definition) is 2. The molecule has 1 rings (SSSR count). The zero-order chi connectivity index (χ0) is 12.0. The van der Waals surface area contributed by atoms with E-state index in [4.69, 9.17) is 5.11 Å². The van der Waals surface area contributed by atoms with Crippen molar-refractivity contribution in [2.24, 2.45) is 0 Å². The Labute approximate surface area is 104 Å². The van der Waals surface area contributed by atoms with E-state index in [0.29, 0.717) is 19.6 Å². The lowest BCUT2D eigenvalue weighted by Crippen LogP contribution is -2.26. The Morgan fingerprint density at radius 2 is 2.25 bits per heavy atom. The quantitative estimate of drug-likeness (QED) is 0.813. The van der Waals surface area contributed by atoms with Crippen molar-refractivity contribution in [3.8, 4) is 0 Å². The van der Waals surface area contributed by atoms with Crippen molar-refractivity contribution in [2.75, 3.05) is 19.7 Å². The van der Waals surface area contributed by atoms with E-state index < -0.39 is 0 Å². The van der Waals surface area contributed by atoms with E-state index in [-0.39, 0.29) is 12.4 Å². The molecule has 88 valence electrons. The zero-order valence-electron chi connectivity index (χ0n) is 9.00. The third-order valence-electron chi connectivity index (χ3n) is 2.21. The maximum Gasteiger partial charge on any atom is 0.123 e.